The fourth-order valence-electron chi connectivity index (χ4n) is 2.20. The summed E-state index contributed by atoms with van der Waals surface area (Å²) in [4.78, 5) is 4.08. The van der Waals surface area contributed by atoms with Gasteiger partial charge in [-0.15, -0.1) is 0 Å². The van der Waals surface area contributed by atoms with Gasteiger partial charge >= 0.3 is 6.18 Å². The highest BCUT2D eigenvalue weighted by Crippen LogP contribution is 2.29. The van der Waals surface area contributed by atoms with Crippen molar-refractivity contribution in [1.82, 2.24) is 10.6 Å². The maximum Gasteiger partial charge on any atom is 0.416 e. The Morgan fingerprint density at radius 2 is 1.88 bits per heavy atom. The molecule has 1 rings (SSSR count). The predicted molar refractivity (Wildman–Crippen MR) is 89.9 cm³/mol. The summed E-state index contributed by atoms with van der Waals surface area (Å²) < 4.78 is 43.6. The van der Waals surface area contributed by atoms with E-state index in [0.29, 0.717) is 18.1 Å². The molecule has 0 aliphatic heterocycles. The van der Waals surface area contributed by atoms with E-state index >= 15 is 0 Å². The van der Waals surface area contributed by atoms with E-state index < -0.39 is 11.7 Å². The summed E-state index contributed by atoms with van der Waals surface area (Å²) in [5.74, 6) is 0.513. The summed E-state index contributed by atoms with van der Waals surface area (Å²) >= 11 is 0. The number of hydrogen-bond donors (Lipinski definition) is 2. The molecule has 24 heavy (non-hydrogen) atoms. The van der Waals surface area contributed by atoms with Gasteiger partial charge in [-0.2, -0.15) is 13.2 Å². The Kier molecular flexibility index (Phi) is 7.08. The second kappa shape index (κ2) is 8.37. The van der Waals surface area contributed by atoms with Crippen LogP contribution in [0.3, 0.4) is 0 Å². The van der Waals surface area contributed by atoms with Crippen LogP contribution in [0.5, 0.6) is 0 Å². The number of ether oxygens (including phenoxy) is 1. The van der Waals surface area contributed by atoms with Gasteiger partial charge in [0.25, 0.3) is 0 Å². The fraction of sp³-hybridized carbons (Fsp3) is 0.588. The highest BCUT2D eigenvalue weighted by atomic mass is 19.4. The molecule has 0 amide bonds. The molecule has 0 aromatic heterocycles. The number of guanidine groups is 1. The average Bonchev–Trinajstić information content (AvgIpc) is 2.49. The average molecular weight is 345 g/mol. The third-order valence-corrected chi connectivity index (χ3v) is 3.64. The number of halogens is 3. The van der Waals surface area contributed by atoms with Gasteiger partial charge in [0.1, 0.15) is 0 Å². The van der Waals surface area contributed by atoms with Crippen LogP contribution in [0.2, 0.25) is 0 Å². The molecule has 0 saturated heterocycles. The Balaban J connectivity index is 2.62. The number of rotatable bonds is 5. The van der Waals surface area contributed by atoms with Crippen molar-refractivity contribution >= 4 is 5.96 Å². The van der Waals surface area contributed by atoms with Crippen molar-refractivity contribution in [3.63, 3.8) is 0 Å². The van der Waals surface area contributed by atoms with Crippen LogP contribution in [0.15, 0.2) is 29.3 Å². The van der Waals surface area contributed by atoms with Gasteiger partial charge < -0.3 is 15.4 Å². The maximum atomic E-state index is 12.7. The second-order valence-electron chi connectivity index (χ2n) is 6.60. The molecular formula is C17H26F3N3O. The van der Waals surface area contributed by atoms with Crippen molar-refractivity contribution in [3.8, 4) is 0 Å². The van der Waals surface area contributed by atoms with Crippen LogP contribution in [0.25, 0.3) is 0 Å². The lowest BCUT2D eigenvalue weighted by Crippen LogP contribution is -2.45. The lowest BCUT2D eigenvalue weighted by atomic mass is 9.89. The van der Waals surface area contributed by atoms with E-state index in [1.807, 2.05) is 0 Å². The van der Waals surface area contributed by atoms with Gasteiger partial charge in [-0.05, 0) is 23.1 Å². The van der Waals surface area contributed by atoms with Gasteiger partial charge in [-0.1, -0.05) is 32.9 Å². The van der Waals surface area contributed by atoms with Crippen LogP contribution in [-0.2, 0) is 17.5 Å². The molecule has 0 heterocycles. The molecule has 2 N–H and O–H groups in total. The Hall–Kier alpha value is -1.76. The minimum Gasteiger partial charge on any atom is -0.379 e. The molecule has 0 saturated carbocycles. The van der Waals surface area contributed by atoms with Crippen LogP contribution in [-0.4, -0.2) is 32.8 Å². The van der Waals surface area contributed by atoms with Crippen LogP contribution in [0.1, 0.15) is 31.9 Å². The van der Waals surface area contributed by atoms with Gasteiger partial charge in [-0.25, -0.2) is 0 Å². The maximum absolute atomic E-state index is 12.7. The molecule has 0 radical (unpaired) electrons. The van der Waals surface area contributed by atoms with Gasteiger partial charge in [0.15, 0.2) is 5.96 Å². The lowest BCUT2D eigenvalue weighted by molar-refractivity contribution is -0.137. The molecule has 7 heteroatoms. The quantitative estimate of drug-likeness (QED) is 0.635. The standard InChI is InChI=1S/C17H26F3N3O/c1-16(2,3)14(24-5)11-23-15(21-4)22-10-12-7-6-8-13(9-12)17(18,19)20/h6-9,14H,10-11H2,1-5H3,(H2,21,22,23). The summed E-state index contributed by atoms with van der Waals surface area (Å²) in [5.41, 5.74) is -0.162. The highest BCUT2D eigenvalue weighted by Gasteiger charge is 2.30. The van der Waals surface area contributed by atoms with Crippen molar-refractivity contribution in [1.29, 1.82) is 0 Å². The number of aliphatic imine (C=N–C) groups is 1. The number of benzene rings is 1. The minimum absolute atomic E-state index is 0.0235. The molecule has 0 bridgehead atoms. The summed E-state index contributed by atoms with van der Waals surface area (Å²) in [5, 5.41) is 6.15. The van der Waals surface area contributed by atoms with Gasteiger partial charge in [-0.3, -0.25) is 4.99 Å². The largest absolute Gasteiger partial charge is 0.416 e. The normalized spacial score (nSPS) is 14.4. The van der Waals surface area contributed by atoms with Crippen molar-refractivity contribution in [2.45, 2.75) is 39.6 Å². The third-order valence-electron chi connectivity index (χ3n) is 3.64. The Morgan fingerprint density at radius 3 is 2.38 bits per heavy atom. The summed E-state index contributed by atoms with van der Waals surface area (Å²) in [6.45, 7) is 7.00. The number of nitrogens with one attached hydrogen (secondary N) is 2. The van der Waals surface area contributed by atoms with Crippen molar-refractivity contribution in [2.24, 2.45) is 10.4 Å². The number of hydrogen-bond acceptors (Lipinski definition) is 2. The van der Waals surface area contributed by atoms with Crippen LogP contribution in [0.4, 0.5) is 13.2 Å². The zero-order valence-corrected chi connectivity index (χ0v) is 14.8. The zero-order valence-electron chi connectivity index (χ0n) is 14.8. The Labute approximate surface area is 141 Å². The van der Waals surface area contributed by atoms with Gasteiger partial charge in [0, 0.05) is 27.2 Å². The highest BCUT2D eigenvalue weighted by molar-refractivity contribution is 5.79. The zero-order chi connectivity index (χ0) is 18.4. The van der Waals surface area contributed by atoms with E-state index in [2.05, 4.69) is 36.4 Å². The molecule has 1 aromatic rings. The number of methoxy groups -OCH3 is 1. The predicted octanol–water partition coefficient (Wildman–Crippen LogP) is 3.43. The minimum atomic E-state index is -4.34. The van der Waals surface area contributed by atoms with E-state index in [1.165, 1.54) is 6.07 Å². The number of nitrogens with zero attached hydrogens (tertiary/aromatic N) is 1. The van der Waals surface area contributed by atoms with Gasteiger partial charge in [0.05, 0.1) is 11.7 Å². The molecule has 0 aliphatic rings. The van der Waals surface area contributed by atoms with E-state index in [0.717, 1.165) is 12.1 Å². The van der Waals surface area contributed by atoms with Crippen molar-refractivity contribution < 1.29 is 17.9 Å². The fourth-order valence-corrected chi connectivity index (χ4v) is 2.20. The molecule has 0 fully saturated rings. The molecule has 1 unspecified atom stereocenters. The Morgan fingerprint density at radius 1 is 1.21 bits per heavy atom. The molecule has 136 valence electrons. The molecule has 0 aliphatic carbocycles. The van der Waals surface area contributed by atoms with E-state index in [9.17, 15) is 13.2 Å². The first-order valence-corrected chi connectivity index (χ1v) is 7.71. The van der Waals surface area contributed by atoms with Crippen LogP contribution >= 0.6 is 0 Å². The molecule has 1 atom stereocenters. The summed E-state index contributed by atoms with van der Waals surface area (Å²) in [6, 6.07) is 5.23. The third kappa shape index (κ3) is 6.39. The summed E-state index contributed by atoms with van der Waals surface area (Å²) in [6.07, 6.45) is -4.36. The monoisotopic (exact) mass is 345 g/mol. The lowest BCUT2D eigenvalue weighted by Gasteiger charge is -2.30. The van der Waals surface area contributed by atoms with Crippen LogP contribution in [0, 0.1) is 5.41 Å². The summed E-state index contributed by atoms with van der Waals surface area (Å²) in [7, 11) is 3.26. The molecule has 1 aromatic carbocycles. The molecule has 0 spiro atoms. The SMILES string of the molecule is CN=C(NCc1cccc(C(F)(F)F)c1)NCC(OC)C(C)(C)C. The van der Waals surface area contributed by atoms with Crippen molar-refractivity contribution in [3.05, 3.63) is 35.4 Å². The van der Waals surface area contributed by atoms with E-state index in [4.69, 9.17) is 4.74 Å². The first kappa shape index (κ1) is 20.3. The first-order chi connectivity index (χ1) is 11.1. The molecular weight excluding hydrogens is 319 g/mol. The van der Waals surface area contributed by atoms with E-state index in [1.54, 1.807) is 20.2 Å². The first-order valence-electron chi connectivity index (χ1n) is 7.71. The van der Waals surface area contributed by atoms with Gasteiger partial charge in [0.2, 0.25) is 0 Å². The van der Waals surface area contributed by atoms with Crippen LogP contribution < -0.4 is 10.6 Å². The number of alkyl halides is 3. The topological polar surface area (TPSA) is 45.7 Å². The molecule has 4 nitrogen and oxygen atoms in total. The van der Waals surface area contributed by atoms with E-state index in [-0.39, 0.29) is 18.1 Å². The smallest absolute Gasteiger partial charge is 0.379 e. The second-order valence-corrected chi connectivity index (χ2v) is 6.60. The van der Waals surface area contributed by atoms with Crippen molar-refractivity contribution in [2.75, 3.05) is 20.7 Å². The Bertz CT molecular complexity index is 551.